The molecule has 1 amide bonds. The summed E-state index contributed by atoms with van der Waals surface area (Å²) in [5, 5.41) is 7.47. The number of nitrogens with zero attached hydrogens (tertiary/aromatic N) is 2. The van der Waals surface area contributed by atoms with Gasteiger partial charge in [0.1, 0.15) is 6.54 Å². The van der Waals surface area contributed by atoms with Gasteiger partial charge in [-0.2, -0.15) is 5.10 Å². The summed E-state index contributed by atoms with van der Waals surface area (Å²) in [5.74, 6) is 1.02. The van der Waals surface area contributed by atoms with Crippen molar-refractivity contribution in [1.29, 1.82) is 0 Å². The van der Waals surface area contributed by atoms with E-state index in [-0.39, 0.29) is 24.1 Å². The van der Waals surface area contributed by atoms with Crippen LogP contribution in [0.25, 0.3) is 11.3 Å². The third-order valence-corrected chi connectivity index (χ3v) is 5.31. The predicted molar refractivity (Wildman–Crippen MR) is 111 cm³/mol. The number of hydrogen-bond donors (Lipinski definition) is 1. The van der Waals surface area contributed by atoms with E-state index in [1.165, 1.54) is 30.0 Å². The lowest BCUT2D eigenvalue weighted by Crippen LogP contribution is -2.39. The third kappa shape index (κ3) is 5.59. The molecule has 156 valence electrons. The minimum atomic E-state index is -0.304. The van der Waals surface area contributed by atoms with Crippen LogP contribution in [0.5, 0.6) is 11.5 Å². The third-order valence-electron chi connectivity index (χ3n) is 5.31. The molecule has 0 atom stereocenters. The maximum Gasteiger partial charge on any atom is 0.267 e. The standard InChI is InChI=1S/C22H29N3O4/c1-28-19-12-10-16(14-20(19)29-2)18-11-13-22(27)25(24-18)15-21(26)23-17-8-6-4-3-5-7-9-17/h10-14,17H,3-9,15H2,1-2H3,(H,23,26). The number of rotatable bonds is 6. The van der Waals surface area contributed by atoms with Crippen molar-refractivity contribution in [2.45, 2.75) is 57.5 Å². The Kier molecular flexibility index (Phi) is 7.27. The van der Waals surface area contributed by atoms with E-state index in [4.69, 9.17) is 9.47 Å². The smallest absolute Gasteiger partial charge is 0.267 e. The van der Waals surface area contributed by atoms with Crippen LogP contribution >= 0.6 is 0 Å². The first kappa shape index (κ1) is 20.9. The lowest BCUT2D eigenvalue weighted by molar-refractivity contribution is -0.122. The summed E-state index contributed by atoms with van der Waals surface area (Å²) in [6.45, 7) is -0.0868. The SMILES string of the molecule is COc1ccc(-c2ccc(=O)n(CC(=O)NC3CCCCCCC3)n2)cc1OC. The van der Waals surface area contributed by atoms with Crippen LogP contribution in [-0.2, 0) is 11.3 Å². The van der Waals surface area contributed by atoms with Gasteiger partial charge in [-0.25, -0.2) is 4.68 Å². The van der Waals surface area contributed by atoms with Gasteiger partial charge in [0, 0.05) is 17.7 Å². The molecule has 1 saturated carbocycles. The van der Waals surface area contributed by atoms with Crippen LogP contribution in [0.4, 0.5) is 0 Å². The molecule has 2 aromatic rings. The van der Waals surface area contributed by atoms with Gasteiger partial charge in [-0.05, 0) is 37.1 Å². The molecule has 3 rings (SSSR count). The van der Waals surface area contributed by atoms with Crippen LogP contribution in [-0.4, -0.2) is 35.9 Å². The summed E-state index contributed by atoms with van der Waals surface area (Å²) in [5.41, 5.74) is 1.06. The van der Waals surface area contributed by atoms with E-state index in [2.05, 4.69) is 10.4 Å². The summed E-state index contributed by atoms with van der Waals surface area (Å²) in [6.07, 6.45) is 8.00. The Bertz CT molecular complexity index is 886. The Morgan fingerprint density at radius 3 is 2.41 bits per heavy atom. The second-order valence-corrected chi connectivity index (χ2v) is 7.39. The van der Waals surface area contributed by atoms with Crippen LogP contribution in [0.15, 0.2) is 35.1 Å². The average Bonchev–Trinajstić information content (AvgIpc) is 2.71. The van der Waals surface area contributed by atoms with E-state index in [0.29, 0.717) is 17.2 Å². The maximum atomic E-state index is 12.5. The molecule has 1 N–H and O–H groups in total. The summed E-state index contributed by atoms with van der Waals surface area (Å²) in [6, 6.07) is 8.69. The molecule has 0 radical (unpaired) electrons. The number of ether oxygens (including phenoxy) is 2. The van der Waals surface area contributed by atoms with Crippen molar-refractivity contribution in [3.63, 3.8) is 0 Å². The van der Waals surface area contributed by atoms with Crippen molar-refractivity contribution in [2.75, 3.05) is 14.2 Å². The fourth-order valence-corrected chi connectivity index (χ4v) is 3.72. The zero-order chi connectivity index (χ0) is 20.6. The van der Waals surface area contributed by atoms with Crippen molar-refractivity contribution < 1.29 is 14.3 Å². The Morgan fingerprint density at radius 2 is 1.72 bits per heavy atom. The number of benzene rings is 1. The molecular formula is C22H29N3O4. The van der Waals surface area contributed by atoms with Gasteiger partial charge in [0.05, 0.1) is 19.9 Å². The first-order valence-electron chi connectivity index (χ1n) is 10.2. The molecular weight excluding hydrogens is 370 g/mol. The molecule has 0 spiro atoms. The van der Waals surface area contributed by atoms with Crippen LogP contribution in [0.2, 0.25) is 0 Å². The number of aromatic nitrogens is 2. The van der Waals surface area contributed by atoms with Gasteiger partial charge in [0.15, 0.2) is 11.5 Å². The zero-order valence-corrected chi connectivity index (χ0v) is 17.1. The van der Waals surface area contributed by atoms with Crippen LogP contribution < -0.4 is 20.3 Å². The highest BCUT2D eigenvalue weighted by molar-refractivity contribution is 5.76. The van der Waals surface area contributed by atoms with Gasteiger partial charge in [0.25, 0.3) is 5.56 Å². The van der Waals surface area contributed by atoms with Gasteiger partial charge >= 0.3 is 0 Å². The summed E-state index contributed by atoms with van der Waals surface area (Å²) >= 11 is 0. The predicted octanol–water partition coefficient (Wildman–Crippen LogP) is 3.16. The molecule has 7 nitrogen and oxygen atoms in total. The van der Waals surface area contributed by atoms with E-state index < -0.39 is 0 Å². The van der Waals surface area contributed by atoms with E-state index in [9.17, 15) is 9.59 Å². The minimum Gasteiger partial charge on any atom is -0.493 e. The quantitative estimate of drug-likeness (QED) is 0.807. The van der Waals surface area contributed by atoms with Crippen molar-refractivity contribution in [1.82, 2.24) is 15.1 Å². The first-order chi connectivity index (χ1) is 14.1. The van der Waals surface area contributed by atoms with Crippen LogP contribution in [0.1, 0.15) is 44.9 Å². The van der Waals surface area contributed by atoms with Crippen molar-refractivity contribution in [3.8, 4) is 22.8 Å². The number of nitrogens with one attached hydrogen (secondary N) is 1. The molecule has 1 aromatic heterocycles. The first-order valence-corrected chi connectivity index (χ1v) is 10.2. The van der Waals surface area contributed by atoms with Crippen molar-refractivity contribution in [3.05, 3.63) is 40.7 Å². The largest absolute Gasteiger partial charge is 0.493 e. The Hall–Kier alpha value is -2.83. The number of amides is 1. The second kappa shape index (κ2) is 10.1. The van der Waals surface area contributed by atoms with Crippen molar-refractivity contribution >= 4 is 5.91 Å². The average molecular weight is 399 g/mol. The number of methoxy groups -OCH3 is 2. The van der Waals surface area contributed by atoms with Gasteiger partial charge in [-0.1, -0.05) is 32.1 Å². The molecule has 1 fully saturated rings. The topological polar surface area (TPSA) is 82.5 Å². The fraction of sp³-hybridized carbons (Fsp3) is 0.500. The molecule has 0 bridgehead atoms. The molecule has 1 aromatic carbocycles. The molecule has 0 saturated heterocycles. The molecule has 1 aliphatic rings. The Balaban J connectivity index is 1.73. The molecule has 0 aliphatic heterocycles. The molecule has 7 heteroatoms. The summed E-state index contributed by atoms with van der Waals surface area (Å²) in [4.78, 5) is 24.7. The number of carbonyl (C=O) groups is 1. The highest BCUT2D eigenvalue weighted by Crippen LogP contribution is 2.31. The monoisotopic (exact) mass is 399 g/mol. The van der Waals surface area contributed by atoms with Gasteiger partial charge in [0.2, 0.25) is 5.91 Å². The van der Waals surface area contributed by atoms with Gasteiger partial charge in [-0.15, -0.1) is 0 Å². The summed E-state index contributed by atoms with van der Waals surface area (Å²) < 4.78 is 11.8. The summed E-state index contributed by atoms with van der Waals surface area (Å²) in [7, 11) is 3.14. The molecule has 1 aliphatic carbocycles. The second-order valence-electron chi connectivity index (χ2n) is 7.39. The highest BCUT2D eigenvalue weighted by atomic mass is 16.5. The maximum absolute atomic E-state index is 12.5. The normalized spacial score (nSPS) is 15.2. The number of hydrogen-bond acceptors (Lipinski definition) is 5. The van der Waals surface area contributed by atoms with Crippen molar-refractivity contribution in [2.24, 2.45) is 0 Å². The Morgan fingerprint density at radius 1 is 1.03 bits per heavy atom. The highest BCUT2D eigenvalue weighted by Gasteiger charge is 2.16. The molecule has 0 unspecified atom stereocenters. The minimum absolute atomic E-state index is 0.0868. The zero-order valence-electron chi connectivity index (χ0n) is 17.1. The van der Waals surface area contributed by atoms with E-state index >= 15 is 0 Å². The van der Waals surface area contributed by atoms with E-state index in [0.717, 1.165) is 31.2 Å². The van der Waals surface area contributed by atoms with Crippen LogP contribution in [0.3, 0.4) is 0 Å². The van der Waals surface area contributed by atoms with Crippen LogP contribution in [0, 0.1) is 0 Å². The van der Waals surface area contributed by atoms with Gasteiger partial charge in [-0.3, -0.25) is 9.59 Å². The van der Waals surface area contributed by atoms with Gasteiger partial charge < -0.3 is 14.8 Å². The molecule has 1 heterocycles. The lowest BCUT2D eigenvalue weighted by Gasteiger charge is -2.21. The van der Waals surface area contributed by atoms with E-state index in [1.54, 1.807) is 32.4 Å². The Labute approximate surface area is 171 Å². The molecule has 29 heavy (non-hydrogen) atoms. The van der Waals surface area contributed by atoms with E-state index in [1.807, 2.05) is 6.07 Å². The fourth-order valence-electron chi connectivity index (χ4n) is 3.72. The number of carbonyl (C=O) groups excluding carboxylic acids is 1. The lowest BCUT2D eigenvalue weighted by atomic mass is 9.97.